The number of rotatable bonds is 8. The Morgan fingerprint density at radius 3 is 1.82 bits per heavy atom. The molecule has 0 bridgehead atoms. The van der Waals surface area contributed by atoms with E-state index in [1.165, 1.54) is 13.8 Å². The lowest BCUT2D eigenvalue weighted by molar-refractivity contribution is -0.201. The van der Waals surface area contributed by atoms with Gasteiger partial charge in [0, 0.05) is 0 Å². The maximum absolute atomic E-state index is 9.49. The van der Waals surface area contributed by atoms with Crippen LogP contribution in [0.15, 0.2) is 0 Å². The summed E-state index contributed by atoms with van der Waals surface area (Å²) in [7, 11) is 0. The van der Waals surface area contributed by atoms with E-state index in [1.807, 2.05) is 0 Å². The summed E-state index contributed by atoms with van der Waals surface area (Å²) in [5.74, 6) is 0. The maximum Gasteiger partial charge on any atom is 0.155 e. The second-order valence-electron chi connectivity index (χ2n) is 4.28. The van der Waals surface area contributed by atoms with Crippen molar-refractivity contribution in [3.8, 4) is 0 Å². The zero-order valence-corrected chi connectivity index (χ0v) is 10.8. The fourth-order valence-corrected chi connectivity index (χ4v) is 1.19. The van der Waals surface area contributed by atoms with Crippen molar-refractivity contribution in [2.75, 3.05) is 6.61 Å². The third kappa shape index (κ3) is 6.92. The minimum absolute atomic E-state index is 0.0592. The lowest BCUT2D eigenvalue weighted by Gasteiger charge is -2.26. The summed E-state index contributed by atoms with van der Waals surface area (Å²) in [6.07, 6.45) is -4.97. The van der Waals surface area contributed by atoms with E-state index in [0.717, 1.165) is 0 Å². The number of hydrogen-bond acceptors (Lipinski definition) is 6. The summed E-state index contributed by atoms with van der Waals surface area (Å²) >= 11 is 0. The Balaban J connectivity index is 3.89. The van der Waals surface area contributed by atoms with Gasteiger partial charge in [0.2, 0.25) is 0 Å². The van der Waals surface area contributed by atoms with Gasteiger partial charge in [-0.05, 0) is 27.7 Å². The summed E-state index contributed by atoms with van der Waals surface area (Å²) < 4.78 is 10.4. The van der Waals surface area contributed by atoms with E-state index in [2.05, 4.69) is 0 Å². The quantitative estimate of drug-likeness (QED) is 0.424. The molecule has 0 aromatic carbocycles. The summed E-state index contributed by atoms with van der Waals surface area (Å²) in [5, 5.41) is 37.0. The average Bonchev–Trinajstić information content (AvgIpc) is 2.24. The molecule has 0 radical (unpaired) electrons. The molecular weight excluding hydrogens is 228 g/mol. The third-order valence-corrected chi connectivity index (χ3v) is 2.44. The zero-order chi connectivity index (χ0) is 13.6. The van der Waals surface area contributed by atoms with Crippen molar-refractivity contribution in [3.63, 3.8) is 0 Å². The highest BCUT2D eigenvalue weighted by Crippen LogP contribution is 2.08. The Morgan fingerprint density at radius 1 is 0.882 bits per heavy atom. The van der Waals surface area contributed by atoms with Crippen LogP contribution in [0, 0.1) is 0 Å². The van der Waals surface area contributed by atoms with E-state index in [1.54, 1.807) is 13.8 Å². The molecule has 0 rings (SSSR count). The lowest BCUT2D eigenvalue weighted by atomic mass is 10.1. The van der Waals surface area contributed by atoms with Gasteiger partial charge < -0.3 is 29.9 Å². The van der Waals surface area contributed by atoms with Crippen LogP contribution in [0.25, 0.3) is 0 Å². The Morgan fingerprint density at radius 2 is 1.41 bits per heavy atom. The highest BCUT2D eigenvalue weighted by molar-refractivity contribution is 4.69. The van der Waals surface area contributed by atoms with Crippen LogP contribution in [0.5, 0.6) is 0 Å². The van der Waals surface area contributed by atoms with Gasteiger partial charge in [0.15, 0.2) is 6.29 Å². The minimum atomic E-state index is -0.997. The van der Waals surface area contributed by atoms with Crippen molar-refractivity contribution < 1.29 is 29.9 Å². The van der Waals surface area contributed by atoms with E-state index in [4.69, 9.17) is 19.7 Å². The van der Waals surface area contributed by atoms with Crippen LogP contribution in [0.3, 0.4) is 0 Å². The first-order valence-electron chi connectivity index (χ1n) is 5.75. The van der Waals surface area contributed by atoms with Crippen LogP contribution in [-0.4, -0.2) is 63.8 Å². The van der Waals surface area contributed by atoms with Crippen molar-refractivity contribution in [1.82, 2.24) is 0 Å². The first kappa shape index (κ1) is 16.8. The van der Waals surface area contributed by atoms with E-state index in [0.29, 0.717) is 0 Å². The summed E-state index contributed by atoms with van der Waals surface area (Å²) in [5.41, 5.74) is 0. The molecule has 0 heterocycles. The molecule has 0 fully saturated rings. The fraction of sp³-hybridized carbons (Fsp3) is 1.00. The van der Waals surface area contributed by atoms with Gasteiger partial charge in [-0.25, -0.2) is 0 Å². The molecule has 0 aliphatic heterocycles. The van der Waals surface area contributed by atoms with Gasteiger partial charge in [0.1, 0.15) is 12.2 Å². The SMILES string of the molecule is CC(OC[C@H](O)C(C)O)OC(C)[C@@H](O)C(C)O. The second kappa shape index (κ2) is 7.97. The standard InChI is InChI=1S/C11H24O6/c1-6(12)10(14)5-16-9(4)17-8(3)11(15)7(2)13/h6-15H,5H2,1-4H3/t6?,7?,8?,9?,10-,11-/m0/s1. The second-order valence-corrected chi connectivity index (χ2v) is 4.28. The molecule has 0 aliphatic carbocycles. The minimum Gasteiger partial charge on any atom is -0.391 e. The monoisotopic (exact) mass is 252 g/mol. The zero-order valence-electron chi connectivity index (χ0n) is 10.8. The molecule has 0 aromatic heterocycles. The van der Waals surface area contributed by atoms with Crippen molar-refractivity contribution in [3.05, 3.63) is 0 Å². The molecule has 0 saturated carbocycles. The first-order valence-corrected chi connectivity index (χ1v) is 5.75. The molecule has 6 atom stereocenters. The van der Waals surface area contributed by atoms with Crippen LogP contribution in [0.4, 0.5) is 0 Å². The molecule has 104 valence electrons. The molecule has 0 amide bonds. The Bertz CT molecular complexity index is 196. The van der Waals surface area contributed by atoms with Crippen molar-refractivity contribution in [2.24, 2.45) is 0 Å². The smallest absolute Gasteiger partial charge is 0.155 e. The summed E-state index contributed by atoms with van der Waals surface area (Å²) in [6.45, 7) is 6.09. The molecule has 4 unspecified atom stereocenters. The van der Waals surface area contributed by atoms with Gasteiger partial charge in [0.25, 0.3) is 0 Å². The summed E-state index contributed by atoms with van der Waals surface area (Å²) in [6, 6.07) is 0. The van der Waals surface area contributed by atoms with Gasteiger partial charge in [-0.1, -0.05) is 0 Å². The van der Waals surface area contributed by atoms with Crippen LogP contribution >= 0.6 is 0 Å². The molecule has 4 N–H and O–H groups in total. The number of aliphatic hydroxyl groups excluding tert-OH is 4. The highest BCUT2D eigenvalue weighted by atomic mass is 16.7. The first-order chi connectivity index (χ1) is 7.75. The van der Waals surface area contributed by atoms with Gasteiger partial charge in [0.05, 0.1) is 24.9 Å². The summed E-state index contributed by atoms with van der Waals surface area (Å²) in [4.78, 5) is 0. The molecule has 0 aliphatic rings. The van der Waals surface area contributed by atoms with E-state index >= 15 is 0 Å². The van der Waals surface area contributed by atoms with Crippen molar-refractivity contribution in [2.45, 2.75) is 64.5 Å². The molecule has 17 heavy (non-hydrogen) atoms. The van der Waals surface area contributed by atoms with Crippen LogP contribution in [-0.2, 0) is 9.47 Å². The Kier molecular flexibility index (Phi) is 7.85. The highest BCUT2D eigenvalue weighted by Gasteiger charge is 2.22. The predicted octanol–water partition coefficient (Wildman–Crippen LogP) is -0.762. The topological polar surface area (TPSA) is 99.4 Å². The third-order valence-electron chi connectivity index (χ3n) is 2.44. The molecule has 0 aromatic rings. The molecule has 0 spiro atoms. The maximum atomic E-state index is 9.49. The average molecular weight is 252 g/mol. The fourth-order valence-electron chi connectivity index (χ4n) is 1.19. The van der Waals surface area contributed by atoms with E-state index < -0.39 is 36.8 Å². The lowest BCUT2D eigenvalue weighted by Crippen LogP contribution is -2.38. The Labute approximate surface area is 102 Å². The Hall–Kier alpha value is -0.240. The molecular formula is C11H24O6. The van der Waals surface area contributed by atoms with Gasteiger partial charge in [-0.2, -0.15) is 0 Å². The largest absolute Gasteiger partial charge is 0.391 e. The predicted molar refractivity (Wildman–Crippen MR) is 61.3 cm³/mol. The number of ether oxygens (including phenoxy) is 2. The van der Waals surface area contributed by atoms with Gasteiger partial charge in [-0.3, -0.25) is 0 Å². The normalized spacial score (nSPS) is 22.6. The van der Waals surface area contributed by atoms with Gasteiger partial charge >= 0.3 is 0 Å². The van der Waals surface area contributed by atoms with E-state index in [-0.39, 0.29) is 6.61 Å². The molecule has 6 heteroatoms. The van der Waals surface area contributed by atoms with Crippen molar-refractivity contribution in [1.29, 1.82) is 0 Å². The molecule has 0 saturated heterocycles. The van der Waals surface area contributed by atoms with Crippen LogP contribution in [0.1, 0.15) is 27.7 Å². The van der Waals surface area contributed by atoms with Crippen LogP contribution in [0.2, 0.25) is 0 Å². The number of aliphatic hydroxyl groups is 4. The van der Waals surface area contributed by atoms with Crippen LogP contribution < -0.4 is 0 Å². The van der Waals surface area contributed by atoms with E-state index in [9.17, 15) is 10.2 Å². The molecule has 6 nitrogen and oxygen atoms in total. The van der Waals surface area contributed by atoms with Crippen molar-refractivity contribution >= 4 is 0 Å². The van der Waals surface area contributed by atoms with Gasteiger partial charge in [-0.15, -0.1) is 0 Å². The number of hydrogen-bond donors (Lipinski definition) is 4.